The quantitative estimate of drug-likeness (QED) is 0.828. The number of likely N-dealkylation sites (tertiary alicyclic amines) is 1. The zero-order chi connectivity index (χ0) is 17.8. The highest BCUT2D eigenvalue weighted by atomic mass is 35.5. The molecule has 5 nitrogen and oxygen atoms in total. The highest BCUT2D eigenvalue weighted by Crippen LogP contribution is 2.20. The molecule has 2 fully saturated rings. The Morgan fingerprint density at radius 2 is 1.92 bits per heavy atom. The first-order valence-electron chi connectivity index (χ1n) is 8.87. The number of hydrogen-bond donors (Lipinski definition) is 1. The number of carbonyl (C=O) groups excluding carboxylic acids is 1. The van der Waals surface area contributed by atoms with E-state index in [0.29, 0.717) is 18.1 Å². The fourth-order valence-corrected chi connectivity index (χ4v) is 3.77. The predicted molar refractivity (Wildman–Crippen MR) is 101 cm³/mol. The Labute approximate surface area is 154 Å². The molecule has 136 valence electrons. The monoisotopic (exact) mass is 363 g/mol. The van der Waals surface area contributed by atoms with Gasteiger partial charge < -0.3 is 14.9 Å². The molecule has 1 amide bonds. The second kappa shape index (κ2) is 8.32. The number of rotatable bonds is 3. The van der Waals surface area contributed by atoms with Crippen molar-refractivity contribution in [2.45, 2.75) is 18.6 Å². The minimum Gasteiger partial charge on any atom is -0.390 e. The van der Waals surface area contributed by atoms with E-state index < -0.39 is 6.10 Å². The molecule has 0 aromatic heterocycles. The Morgan fingerprint density at radius 3 is 2.60 bits per heavy atom. The number of aliphatic hydroxyl groups excluding tert-OH is 1. The Balaban J connectivity index is 1.55. The lowest BCUT2D eigenvalue weighted by Crippen LogP contribution is -2.58. The molecule has 1 aromatic carbocycles. The third kappa shape index (κ3) is 4.61. The molecule has 3 rings (SSSR count). The summed E-state index contributed by atoms with van der Waals surface area (Å²) in [5.41, 5.74) is 0.824. The Morgan fingerprint density at radius 1 is 1.20 bits per heavy atom. The van der Waals surface area contributed by atoms with Crippen molar-refractivity contribution in [1.82, 2.24) is 14.7 Å². The van der Waals surface area contributed by atoms with Gasteiger partial charge in [0.1, 0.15) is 0 Å². The maximum absolute atomic E-state index is 12.4. The molecule has 0 unspecified atom stereocenters. The zero-order valence-corrected chi connectivity index (χ0v) is 15.4. The fourth-order valence-electron chi connectivity index (χ4n) is 3.58. The summed E-state index contributed by atoms with van der Waals surface area (Å²) < 4.78 is 0. The van der Waals surface area contributed by atoms with E-state index in [4.69, 9.17) is 11.6 Å². The number of benzene rings is 1. The molecule has 2 aliphatic heterocycles. The van der Waals surface area contributed by atoms with Gasteiger partial charge in [0.05, 0.1) is 6.10 Å². The van der Waals surface area contributed by atoms with Crippen molar-refractivity contribution in [3.63, 3.8) is 0 Å². The second-order valence-corrected chi connectivity index (χ2v) is 7.31. The highest BCUT2D eigenvalue weighted by Gasteiger charge is 2.34. The predicted octanol–water partition coefficient (Wildman–Crippen LogP) is 1.56. The van der Waals surface area contributed by atoms with Crippen molar-refractivity contribution < 1.29 is 9.90 Å². The summed E-state index contributed by atoms with van der Waals surface area (Å²) in [4.78, 5) is 18.8. The first-order chi connectivity index (χ1) is 12.0. The highest BCUT2D eigenvalue weighted by molar-refractivity contribution is 6.32. The average molecular weight is 364 g/mol. The summed E-state index contributed by atoms with van der Waals surface area (Å²) in [6.07, 6.45) is 3.61. The molecule has 0 aliphatic carbocycles. The van der Waals surface area contributed by atoms with Crippen LogP contribution in [0.5, 0.6) is 0 Å². The van der Waals surface area contributed by atoms with Gasteiger partial charge >= 0.3 is 0 Å². The summed E-state index contributed by atoms with van der Waals surface area (Å²) in [6.45, 7) is 5.11. The Kier molecular flexibility index (Phi) is 6.12. The maximum Gasteiger partial charge on any atom is 0.246 e. The summed E-state index contributed by atoms with van der Waals surface area (Å²) >= 11 is 6.11. The maximum atomic E-state index is 12.4. The number of piperidine rings is 1. The average Bonchev–Trinajstić information content (AvgIpc) is 2.61. The molecular formula is C19H26ClN3O2. The number of carbonyl (C=O) groups is 1. The Bertz CT molecular complexity index is 629. The van der Waals surface area contributed by atoms with Gasteiger partial charge in [-0.15, -0.1) is 0 Å². The first-order valence-corrected chi connectivity index (χ1v) is 9.24. The van der Waals surface area contributed by atoms with Crippen LogP contribution in [0.15, 0.2) is 30.3 Å². The number of piperazine rings is 1. The van der Waals surface area contributed by atoms with E-state index in [0.717, 1.165) is 38.2 Å². The summed E-state index contributed by atoms with van der Waals surface area (Å²) in [5, 5.41) is 11.2. The largest absolute Gasteiger partial charge is 0.390 e. The van der Waals surface area contributed by atoms with Crippen molar-refractivity contribution in [1.29, 1.82) is 0 Å². The van der Waals surface area contributed by atoms with Gasteiger partial charge in [-0.3, -0.25) is 9.69 Å². The number of hydrogen-bond acceptors (Lipinski definition) is 4. The summed E-state index contributed by atoms with van der Waals surface area (Å²) in [6, 6.07) is 7.59. The van der Waals surface area contributed by atoms with Crippen LogP contribution in [0.25, 0.3) is 6.08 Å². The van der Waals surface area contributed by atoms with Crippen molar-refractivity contribution in [3.05, 3.63) is 40.9 Å². The normalized spacial score (nSPS) is 26.3. The van der Waals surface area contributed by atoms with Gasteiger partial charge in [0.15, 0.2) is 0 Å². The molecule has 2 saturated heterocycles. The lowest BCUT2D eigenvalue weighted by Gasteiger charge is -2.44. The number of β-amino-alcohol motifs (C(OH)–C–C–N with tert-alkyl or cyclic N) is 1. The van der Waals surface area contributed by atoms with Crippen LogP contribution in [-0.4, -0.2) is 84.2 Å². The molecule has 2 heterocycles. The molecule has 6 heteroatoms. The molecule has 0 bridgehead atoms. The molecule has 0 spiro atoms. The molecule has 1 aromatic rings. The molecule has 0 radical (unpaired) electrons. The van der Waals surface area contributed by atoms with E-state index in [1.807, 2.05) is 18.2 Å². The van der Waals surface area contributed by atoms with Gasteiger partial charge in [-0.2, -0.15) is 0 Å². The van der Waals surface area contributed by atoms with Crippen molar-refractivity contribution in [3.8, 4) is 0 Å². The first kappa shape index (κ1) is 18.4. The molecule has 1 N–H and O–H groups in total. The lowest BCUT2D eigenvalue weighted by molar-refractivity contribution is -0.131. The number of nitrogens with zero attached hydrogens (tertiary/aromatic N) is 3. The van der Waals surface area contributed by atoms with Crippen LogP contribution in [0.4, 0.5) is 0 Å². The van der Waals surface area contributed by atoms with Crippen LogP contribution >= 0.6 is 11.6 Å². The minimum absolute atomic E-state index is 0.0733. The van der Waals surface area contributed by atoms with Gasteiger partial charge in [0, 0.05) is 56.4 Å². The van der Waals surface area contributed by atoms with Crippen LogP contribution < -0.4 is 0 Å². The van der Waals surface area contributed by atoms with Crippen LogP contribution in [-0.2, 0) is 4.79 Å². The van der Waals surface area contributed by atoms with E-state index in [9.17, 15) is 9.90 Å². The fraction of sp³-hybridized carbons (Fsp3) is 0.526. The van der Waals surface area contributed by atoms with E-state index >= 15 is 0 Å². The third-order valence-electron chi connectivity index (χ3n) is 5.18. The number of amides is 1. The number of likely N-dealkylation sites (N-methyl/N-ethyl adjacent to an activating group) is 1. The van der Waals surface area contributed by atoms with Gasteiger partial charge in [-0.05, 0) is 31.2 Å². The molecule has 25 heavy (non-hydrogen) atoms. The standard InChI is InChI=1S/C19H26ClN3O2/c1-21-10-12-22(13-11-21)17-8-9-23(14-18(17)24)19(25)7-6-15-4-2-3-5-16(15)20/h2-7,17-18,24H,8-14H2,1H3/t17-,18-/m1/s1. The minimum atomic E-state index is -0.491. The molecule has 2 aliphatic rings. The van der Waals surface area contributed by atoms with E-state index in [1.54, 1.807) is 23.1 Å². The number of aliphatic hydroxyl groups is 1. The second-order valence-electron chi connectivity index (χ2n) is 6.90. The van der Waals surface area contributed by atoms with Gasteiger partial charge in [-0.25, -0.2) is 0 Å². The van der Waals surface area contributed by atoms with Crippen LogP contribution in [0.3, 0.4) is 0 Å². The van der Waals surface area contributed by atoms with E-state index in [1.165, 1.54) is 0 Å². The molecular weight excluding hydrogens is 338 g/mol. The smallest absolute Gasteiger partial charge is 0.246 e. The third-order valence-corrected chi connectivity index (χ3v) is 5.52. The van der Waals surface area contributed by atoms with Gasteiger partial charge in [-0.1, -0.05) is 29.8 Å². The van der Waals surface area contributed by atoms with Gasteiger partial charge in [0.2, 0.25) is 5.91 Å². The van der Waals surface area contributed by atoms with Gasteiger partial charge in [0.25, 0.3) is 0 Å². The van der Waals surface area contributed by atoms with Crippen molar-refractivity contribution >= 4 is 23.6 Å². The van der Waals surface area contributed by atoms with E-state index in [2.05, 4.69) is 16.8 Å². The summed E-state index contributed by atoms with van der Waals surface area (Å²) in [7, 11) is 2.13. The zero-order valence-electron chi connectivity index (χ0n) is 14.6. The van der Waals surface area contributed by atoms with Crippen molar-refractivity contribution in [2.24, 2.45) is 0 Å². The molecule has 0 saturated carbocycles. The molecule has 2 atom stereocenters. The lowest BCUT2D eigenvalue weighted by atomic mass is 9.99. The number of halogens is 1. The van der Waals surface area contributed by atoms with Crippen molar-refractivity contribution in [2.75, 3.05) is 46.3 Å². The van der Waals surface area contributed by atoms with E-state index in [-0.39, 0.29) is 11.9 Å². The Hall–Kier alpha value is -1.40. The van der Waals surface area contributed by atoms with Crippen LogP contribution in [0.1, 0.15) is 12.0 Å². The SMILES string of the molecule is CN1CCN([C@@H]2CCN(C(=O)C=Cc3ccccc3Cl)C[C@H]2O)CC1. The topological polar surface area (TPSA) is 47.0 Å². The van der Waals surface area contributed by atoms with Crippen LogP contribution in [0.2, 0.25) is 5.02 Å². The van der Waals surface area contributed by atoms with Crippen LogP contribution in [0, 0.1) is 0 Å². The summed E-state index contributed by atoms with van der Waals surface area (Å²) in [5.74, 6) is -0.0733.